The Kier molecular flexibility index (Phi) is 5.84. The first-order valence-corrected chi connectivity index (χ1v) is 10.1. The molecular weight excluding hydrogens is 428 g/mol. The molecule has 0 amide bonds. The van der Waals surface area contributed by atoms with Crippen LogP contribution in [0.2, 0.25) is 5.02 Å². The van der Waals surface area contributed by atoms with Gasteiger partial charge in [0.25, 0.3) is 5.91 Å². The quantitative estimate of drug-likeness (QED) is 0.526. The molecule has 1 aromatic heterocycles. The van der Waals surface area contributed by atoms with Crippen LogP contribution < -0.4 is 0 Å². The summed E-state index contributed by atoms with van der Waals surface area (Å²) in [5.41, 5.74) is -1.45. The summed E-state index contributed by atoms with van der Waals surface area (Å²) in [6, 6.07) is 6.88. The Balaban J connectivity index is 2.50. The zero-order chi connectivity index (χ0) is 23.2. The molecule has 0 saturated heterocycles. The van der Waals surface area contributed by atoms with Crippen molar-refractivity contribution in [3.05, 3.63) is 63.8 Å². The number of aromatic hydroxyl groups is 1. The lowest BCUT2D eigenvalue weighted by atomic mass is 9.70. The molecule has 0 spiro atoms. The molecule has 1 unspecified atom stereocenters. The largest absolute Gasteiger partial charge is 0.503 e. The zero-order valence-electron chi connectivity index (χ0n) is 17.5. The van der Waals surface area contributed by atoms with Crippen LogP contribution >= 0.6 is 11.6 Å². The minimum atomic E-state index is -1.61. The summed E-state index contributed by atoms with van der Waals surface area (Å²) in [6.07, 6.45) is 0.450. The van der Waals surface area contributed by atoms with E-state index in [1.165, 1.54) is 26.0 Å². The highest BCUT2D eigenvalue weighted by Gasteiger charge is 2.45. The summed E-state index contributed by atoms with van der Waals surface area (Å²) in [4.78, 5) is 25.7. The van der Waals surface area contributed by atoms with Crippen molar-refractivity contribution in [1.29, 1.82) is 0 Å². The van der Waals surface area contributed by atoms with E-state index in [-0.39, 0.29) is 27.7 Å². The second-order valence-corrected chi connectivity index (χ2v) is 8.28. The lowest BCUT2D eigenvalue weighted by Gasteiger charge is -2.32. The van der Waals surface area contributed by atoms with Crippen LogP contribution in [0.5, 0.6) is 5.75 Å². The second kappa shape index (κ2) is 7.96. The number of hydrogen-bond donors (Lipinski definition) is 2. The third kappa shape index (κ3) is 3.37. The molecule has 1 heterocycles. The highest BCUT2D eigenvalue weighted by atomic mass is 35.5. The first kappa shape index (κ1) is 22.7. The number of carbonyl (C=O) groups excluding carboxylic acids is 1. The van der Waals surface area contributed by atoms with E-state index in [0.717, 1.165) is 10.6 Å². The summed E-state index contributed by atoms with van der Waals surface area (Å²) in [5.74, 6) is -6.09. The Hall–Kier alpha value is -2.93. The highest BCUT2D eigenvalue weighted by Crippen LogP contribution is 2.45. The average Bonchev–Trinajstić information content (AvgIpc) is 3.02. The van der Waals surface area contributed by atoms with E-state index in [1.54, 1.807) is 26.0 Å². The van der Waals surface area contributed by atoms with E-state index in [4.69, 9.17) is 11.6 Å². The molecule has 164 valence electrons. The number of phenolic OH excluding ortho intramolecular Hbond substituents is 1. The zero-order valence-corrected chi connectivity index (χ0v) is 18.2. The molecule has 0 aliphatic carbocycles. The number of aliphatic carboxylic acids is 1. The minimum absolute atomic E-state index is 0.0209. The van der Waals surface area contributed by atoms with Crippen molar-refractivity contribution in [2.75, 3.05) is 0 Å². The summed E-state index contributed by atoms with van der Waals surface area (Å²) in [6.45, 7) is 6.43. The van der Waals surface area contributed by atoms with Gasteiger partial charge in [0, 0.05) is 33.3 Å². The van der Waals surface area contributed by atoms with Gasteiger partial charge in [-0.1, -0.05) is 37.9 Å². The molecule has 2 aromatic carbocycles. The van der Waals surface area contributed by atoms with Crippen molar-refractivity contribution in [3.8, 4) is 5.75 Å². The van der Waals surface area contributed by atoms with Gasteiger partial charge in [0.1, 0.15) is 0 Å². The van der Waals surface area contributed by atoms with Crippen molar-refractivity contribution in [1.82, 2.24) is 4.57 Å². The molecule has 0 fully saturated rings. The minimum Gasteiger partial charge on any atom is -0.503 e. The number of phenols is 1. The fourth-order valence-corrected chi connectivity index (χ4v) is 4.29. The topological polar surface area (TPSA) is 79.5 Å². The molecule has 0 bridgehead atoms. The summed E-state index contributed by atoms with van der Waals surface area (Å²) in [5, 5.41) is 20.0. The van der Waals surface area contributed by atoms with Crippen LogP contribution in [-0.2, 0) is 10.2 Å². The third-order valence-electron chi connectivity index (χ3n) is 6.20. The van der Waals surface area contributed by atoms with Gasteiger partial charge in [0.15, 0.2) is 17.4 Å². The first-order valence-electron chi connectivity index (χ1n) is 9.72. The number of carbonyl (C=O) groups is 2. The molecular formula is C23H22ClF2NO4. The molecule has 0 aliphatic rings. The summed E-state index contributed by atoms with van der Waals surface area (Å²) >= 11 is 5.99. The number of halogens is 3. The van der Waals surface area contributed by atoms with Crippen molar-refractivity contribution < 1.29 is 28.6 Å². The van der Waals surface area contributed by atoms with Gasteiger partial charge in [-0.05, 0) is 38.0 Å². The maximum atomic E-state index is 15.2. The molecule has 3 aromatic rings. The number of aromatic nitrogens is 1. The van der Waals surface area contributed by atoms with Gasteiger partial charge in [0.05, 0.1) is 10.9 Å². The number of carboxylic acids is 1. The maximum Gasteiger partial charge on any atom is 0.314 e. The normalized spacial score (nSPS) is 14.4. The van der Waals surface area contributed by atoms with Crippen LogP contribution in [0, 0.1) is 24.5 Å². The van der Waals surface area contributed by atoms with Crippen molar-refractivity contribution in [2.24, 2.45) is 5.92 Å². The predicted octanol–water partition coefficient (Wildman–Crippen LogP) is 5.66. The predicted molar refractivity (Wildman–Crippen MR) is 114 cm³/mol. The molecule has 0 aliphatic heterocycles. The molecule has 31 heavy (non-hydrogen) atoms. The molecule has 8 heteroatoms. The Labute approximate surface area is 182 Å². The fraction of sp³-hybridized carbons (Fsp3) is 0.304. The Morgan fingerprint density at radius 1 is 1.26 bits per heavy atom. The number of rotatable bonds is 5. The Morgan fingerprint density at radius 2 is 1.90 bits per heavy atom. The van der Waals surface area contributed by atoms with Crippen LogP contribution in [-0.4, -0.2) is 26.7 Å². The van der Waals surface area contributed by atoms with E-state index in [2.05, 4.69) is 0 Å². The van der Waals surface area contributed by atoms with E-state index in [9.17, 15) is 24.2 Å². The van der Waals surface area contributed by atoms with Crippen LogP contribution in [0.3, 0.4) is 0 Å². The monoisotopic (exact) mass is 449 g/mol. The number of hydrogen-bond acceptors (Lipinski definition) is 3. The van der Waals surface area contributed by atoms with Gasteiger partial charge in [-0.3, -0.25) is 14.2 Å². The molecule has 5 nitrogen and oxygen atoms in total. The first-order chi connectivity index (χ1) is 14.5. The van der Waals surface area contributed by atoms with E-state index >= 15 is 4.39 Å². The van der Waals surface area contributed by atoms with Crippen molar-refractivity contribution in [2.45, 2.75) is 39.5 Å². The lowest BCUT2D eigenvalue weighted by Crippen LogP contribution is -2.39. The SMILES string of the molecule is CCC(C)[C@@](C)(C(=O)O)c1c(C)n(C(=O)c2cccc(Cl)c2)c2cc(F)c(O)c(F)c12. The van der Waals surface area contributed by atoms with E-state index in [1.807, 2.05) is 0 Å². The molecule has 2 N–H and O–H groups in total. The third-order valence-corrected chi connectivity index (χ3v) is 6.43. The van der Waals surface area contributed by atoms with Gasteiger partial charge >= 0.3 is 5.97 Å². The average molecular weight is 450 g/mol. The number of carboxylic acid groups (broad SMARTS) is 1. The molecule has 2 atom stereocenters. The van der Waals surface area contributed by atoms with Crippen LogP contribution in [0.15, 0.2) is 30.3 Å². The molecule has 3 rings (SSSR count). The number of fused-ring (bicyclic) bond motifs is 1. The highest BCUT2D eigenvalue weighted by molar-refractivity contribution is 6.31. The summed E-state index contributed by atoms with van der Waals surface area (Å²) < 4.78 is 30.5. The molecule has 0 saturated carbocycles. The van der Waals surface area contributed by atoms with Gasteiger partial charge < -0.3 is 10.2 Å². The second-order valence-electron chi connectivity index (χ2n) is 7.84. The van der Waals surface area contributed by atoms with E-state index in [0.29, 0.717) is 11.4 Å². The number of nitrogens with zero attached hydrogens (tertiary/aromatic N) is 1. The lowest BCUT2D eigenvalue weighted by molar-refractivity contribution is -0.145. The standard InChI is InChI=1S/C23H22ClF2NO4/c1-5-11(2)23(4,22(30)31)18-12(3)27(21(29)13-7-6-8-14(24)9-13)16-10-15(25)20(28)19(26)17(16)18/h6-11,28H,5H2,1-4H3,(H,30,31)/t11?,23-/m1/s1. The fourth-order valence-electron chi connectivity index (χ4n) is 4.10. The van der Waals surface area contributed by atoms with Crippen molar-refractivity contribution in [3.63, 3.8) is 0 Å². The van der Waals surface area contributed by atoms with Crippen LogP contribution in [0.4, 0.5) is 8.78 Å². The van der Waals surface area contributed by atoms with Crippen LogP contribution in [0.25, 0.3) is 10.9 Å². The van der Waals surface area contributed by atoms with E-state index < -0.39 is 40.6 Å². The van der Waals surface area contributed by atoms with Gasteiger partial charge in [-0.2, -0.15) is 0 Å². The summed E-state index contributed by atoms with van der Waals surface area (Å²) in [7, 11) is 0. The number of benzene rings is 2. The molecule has 0 radical (unpaired) electrons. The van der Waals surface area contributed by atoms with Gasteiger partial charge in [0.2, 0.25) is 0 Å². The Bertz CT molecular complexity index is 1220. The Morgan fingerprint density at radius 3 is 2.45 bits per heavy atom. The smallest absolute Gasteiger partial charge is 0.314 e. The van der Waals surface area contributed by atoms with Crippen LogP contribution in [0.1, 0.15) is 48.8 Å². The van der Waals surface area contributed by atoms with Gasteiger partial charge in [-0.15, -0.1) is 0 Å². The van der Waals surface area contributed by atoms with Gasteiger partial charge in [-0.25, -0.2) is 8.78 Å². The maximum absolute atomic E-state index is 15.2. The van der Waals surface area contributed by atoms with Crippen molar-refractivity contribution >= 4 is 34.4 Å².